The Morgan fingerprint density at radius 1 is 1.15 bits per heavy atom. The topological polar surface area (TPSA) is 64.3 Å². The Bertz CT molecular complexity index is 597. The predicted octanol–water partition coefficient (Wildman–Crippen LogP) is 2.39. The molecule has 2 aromatic carbocycles. The van der Waals surface area contributed by atoms with Gasteiger partial charge in [-0.2, -0.15) is 0 Å². The van der Waals surface area contributed by atoms with E-state index in [2.05, 4.69) is 5.32 Å². The molecule has 1 amide bonds. The Hall–Kier alpha value is -2.49. The van der Waals surface area contributed by atoms with E-state index in [0.717, 1.165) is 5.56 Å². The molecule has 0 aromatic heterocycles. The van der Waals surface area contributed by atoms with E-state index in [-0.39, 0.29) is 5.91 Å². The fourth-order valence-corrected chi connectivity index (χ4v) is 1.86. The van der Waals surface area contributed by atoms with E-state index >= 15 is 0 Å². The summed E-state index contributed by atoms with van der Waals surface area (Å²) in [4.78, 5) is 12.0. The Morgan fingerprint density at radius 3 is 2.60 bits per heavy atom. The summed E-state index contributed by atoms with van der Waals surface area (Å²) < 4.78 is 5.51. The van der Waals surface area contributed by atoms with Crippen LogP contribution in [0.15, 0.2) is 48.5 Å². The average Bonchev–Trinajstić information content (AvgIpc) is 2.45. The third kappa shape index (κ3) is 3.51. The van der Waals surface area contributed by atoms with Crippen LogP contribution in [-0.4, -0.2) is 19.1 Å². The van der Waals surface area contributed by atoms with Crippen LogP contribution >= 0.6 is 0 Å². The Balaban J connectivity index is 1.81. The molecule has 20 heavy (non-hydrogen) atoms. The predicted molar refractivity (Wildman–Crippen MR) is 79.9 cm³/mol. The average molecular weight is 270 g/mol. The van der Waals surface area contributed by atoms with Crippen molar-refractivity contribution >= 4 is 11.6 Å². The van der Waals surface area contributed by atoms with E-state index in [4.69, 9.17) is 10.5 Å². The zero-order chi connectivity index (χ0) is 14.4. The first kappa shape index (κ1) is 13.9. The van der Waals surface area contributed by atoms with Gasteiger partial charge in [0, 0.05) is 5.56 Å². The summed E-state index contributed by atoms with van der Waals surface area (Å²) >= 11 is 0. The molecule has 0 spiro atoms. The third-order valence-electron chi connectivity index (χ3n) is 2.95. The van der Waals surface area contributed by atoms with Gasteiger partial charge in [-0.05, 0) is 30.7 Å². The number of para-hydroxylation sites is 2. The molecule has 0 radical (unpaired) electrons. The van der Waals surface area contributed by atoms with Crippen molar-refractivity contribution in [2.24, 2.45) is 0 Å². The van der Waals surface area contributed by atoms with Gasteiger partial charge in [0.25, 0.3) is 5.91 Å². The second-order valence-electron chi connectivity index (χ2n) is 4.46. The van der Waals surface area contributed by atoms with Crippen molar-refractivity contribution in [2.75, 3.05) is 18.9 Å². The summed E-state index contributed by atoms with van der Waals surface area (Å²) in [7, 11) is 0. The summed E-state index contributed by atoms with van der Waals surface area (Å²) in [6.45, 7) is 2.73. The molecular formula is C16H18N2O2. The molecule has 104 valence electrons. The van der Waals surface area contributed by atoms with Gasteiger partial charge in [0.15, 0.2) is 0 Å². The second kappa shape index (κ2) is 6.61. The number of hydrogen-bond acceptors (Lipinski definition) is 3. The zero-order valence-electron chi connectivity index (χ0n) is 11.4. The van der Waals surface area contributed by atoms with E-state index < -0.39 is 0 Å². The zero-order valence-corrected chi connectivity index (χ0v) is 11.4. The normalized spacial score (nSPS) is 10.1. The van der Waals surface area contributed by atoms with Crippen LogP contribution in [0.4, 0.5) is 5.69 Å². The van der Waals surface area contributed by atoms with Crippen molar-refractivity contribution in [3.8, 4) is 5.75 Å². The van der Waals surface area contributed by atoms with Crippen LogP contribution in [0.25, 0.3) is 0 Å². The highest BCUT2D eigenvalue weighted by Crippen LogP contribution is 2.19. The van der Waals surface area contributed by atoms with Crippen molar-refractivity contribution < 1.29 is 9.53 Å². The minimum atomic E-state index is -0.0901. The number of nitrogen functional groups attached to an aromatic ring is 1. The number of carbonyl (C=O) groups excluding carboxylic acids is 1. The standard InChI is InChI=1S/C16H18N2O2/c1-12-6-2-3-7-13(12)16(19)18-10-11-20-15-9-5-4-8-14(15)17/h2-9H,10-11,17H2,1H3,(H,18,19). The first-order valence-electron chi connectivity index (χ1n) is 6.49. The molecule has 0 aliphatic carbocycles. The van der Waals surface area contributed by atoms with Crippen LogP contribution in [0, 0.1) is 6.92 Å². The number of rotatable bonds is 5. The fraction of sp³-hybridized carbons (Fsp3) is 0.188. The highest BCUT2D eigenvalue weighted by Gasteiger charge is 2.07. The van der Waals surface area contributed by atoms with Crippen molar-refractivity contribution in [3.63, 3.8) is 0 Å². The number of hydrogen-bond donors (Lipinski definition) is 2. The van der Waals surface area contributed by atoms with E-state index in [9.17, 15) is 4.79 Å². The van der Waals surface area contributed by atoms with Gasteiger partial charge in [-0.3, -0.25) is 4.79 Å². The van der Waals surface area contributed by atoms with E-state index in [0.29, 0.717) is 30.2 Å². The number of nitrogens with one attached hydrogen (secondary N) is 1. The van der Waals surface area contributed by atoms with E-state index in [1.807, 2.05) is 37.3 Å². The molecule has 0 bridgehead atoms. The maximum atomic E-state index is 12.0. The van der Waals surface area contributed by atoms with Gasteiger partial charge in [-0.1, -0.05) is 30.3 Å². The summed E-state index contributed by atoms with van der Waals surface area (Å²) in [6.07, 6.45) is 0. The lowest BCUT2D eigenvalue weighted by atomic mass is 10.1. The number of nitrogens with two attached hydrogens (primary N) is 1. The van der Waals surface area contributed by atoms with E-state index in [1.54, 1.807) is 18.2 Å². The molecule has 0 saturated carbocycles. The highest BCUT2D eigenvalue weighted by molar-refractivity contribution is 5.95. The number of carbonyl (C=O) groups is 1. The summed E-state index contributed by atoms with van der Waals surface area (Å²) in [5.41, 5.74) is 8.00. The summed E-state index contributed by atoms with van der Waals surface area (Å²) in [5, 5.41) is 2.82. The third-order valence-corrected chi connectivity index (χ3v) is 2.95. The van der Waals surface area contributed by atoms with Gasteiger partial charge in [0.05, 0.1) is 12.2 Å². The van der Waals surface area contributed by atoms with Gasteiger partial charge in [-0.15, -0.1) is 0 Å². The first-order chi connectivity index (χ1) is 9.68. The smallest absolute Gasteiger partial charge is 0.251 e. The van der Waals surface area contributed by atoms with E-state index in [1.165, 1.54) is 0 Å². The Kier molecular flexibility index (Phi) is 4.60. The van der Waals surface area contributed by atoms with Crippen LogP contribution in [0.5, 0.6) is 5.75 Å². The van der Waals surface area contributed by atoms with Crippen molar-refractivity contribution in [1.29, 1.82) is 0 Å². The van der Waals surface area contributed by atoms with Crippen molar-refractivity contribution in [3.05, 3.63) is 59.7 Å². The SMILES string of the molecule is Cc1ccccc1C(=O)NCCOc1ccccc1N. The molecule has 0 aliphatic heterocycles. The van der Waals surface area contributed by atoms with Crippen LogP contribution < -0.4 is 15.8 Å². The Morgan fingerprint density at radius 2 is 1.85 bits per heavy atom. The lowest BCUT2D eigenvalue weighted by molar-refractivity contribution is 0.0946. The lowest BCUT2D eigenvalue weighted by Gasteiger charge is -2.10. The molecule has 0 aliphatic rings. The second-order valence-corrected chi connectivity index (χ2v) is 4.46. The molecule has 2 rings (SSSR count). The van der Waals surface area contributed by atoms with Crippen LogP contribution in [0.2, 0.25) is 0 Å². The minimum absolute atomic E-state index is 0.0901. The number of aryl methyl sites for hydroxylation is 1. The van der Waals surface area contributed by atoms with Gasteiger partial charge >= 0.3 is 0 Å². The number of anilines is 1. The molecule has 0 saturated heterocycles. The molecule has 0 fully saturated rings. The van der Waals surface area contributed by atoms with Gasteiger partial charge < -0.3 is 15.8 Å². The molecular weight excluding hydrogens is 252 g/mol. The molecule has 0 unspecified atom stereocenters. The largest absolute Gasteiger partial charge is 0.490 e. The minimum Gasteiger partial charge on any atom is -0.490 e. The van der Waals surface area contributed by atoms with Crippen LogP contribution in [0.3, 0.4) is 0 Å². The molecule has 0 heterocycles. The van der Waals surface area contributed by atoms with Gasteiger partial charge in [0.1, 0.15) is 12.4 Å². The molecule has 4 nitrogen and oxygen atoms in total. The van der Waals surface area contributed by atoms with Crippen LogP contribution in [-0.2, 0) is 0 Å². The number of amides is 1. The molecule has 2 aromatic rings. The maximum Gasteiger partial charge on any atom is 0.251 e. The first-order valence-corrected chi connectivity index (χ1v) is 6.49. The molecule has 3 N–H and O–H groups in total. The summed E-state index contributed by atoms with van der Waals surface area (Å²) in [5.74, 6) is 0.547. The monoisotopic (exact) mass is 270 g/mol. The van der Waals surface area contributed by atoms with Crippen molar-refractivity contribution in [1.82, 2.24) is 5.32 Å². The number of ether oxygens (including phenoxy) is 1. The van der Waals surface area contributed by atoms with Crippen LogP contribution in [0.1, 0.15) is 15.9 Å². The highest BCUT2D eigenvalue weighted by atomic mass is 16.5. The summed E-state index contributed by atoms with van der Waals surface area (Å²) in [6, 6.07) is 14.8. The van der Waals surface area contributed by atoms with Crippen molar-refractivity contribution in [2.45, 2.75) is 6.92 Å². The quantitative estimate of drug-likeness (QED) is 0.647. The van der Waals surface area contributed by atoms with Gasteiger partial charge in [0.2, 0.25) is 0 Å². The molecule has 0 atom stereocenters. The van der Waals surface area contributed by atoms with Gasteiger partial charge in [-0.25, -0.2) is 0 Å². The number of benzene rings is 2. The molecule has 4 heteroatoms. The maximum absolute atomic E-state index is 12.0. The lowest BCUT2D eigenvalue weighted by Crippen LogP contribution is -2.28. The fourth-order valence-electron chi connectivity index (χ4n) is 1.86. The Labute approximate surface area is 118 Å².